The molecule has 0 saturated carbocycles. The first-order valence-corrected chi connectivity index (χ1v) is 5.39. The summed E-state index contributed by atoms with van der Waals surface area (Å²) in [6, 6.07) is 4.58. The molecule has 18 heavy (non-hydrogen) atoms. The number of pyridine rings is 1. The largest absolute Gasteiger partial charge is 0.346 e. The van der Waals surface area contributed by atoms with Crippen molar-refractivity contribution >= 4 is 5.91 Å². The van der Waals surface area contributed by atoms with Gasteiger partial charge in [-0.2, -0.15) is 0 Å². The van der Waals surface area contributed by atoms with Crippen LogP contribution < -0.4 is 10.9 Å². The highest BCUT2D eigenvalue weighted by atomic mass is 16.1. The standard InChI is InChI=1S/C12H12N4O2/c1-8-4-10(16-7-15-8)6-14-12(18)9-2-3-11(17)13-5-9/h2-5,7H,6H2,1H3,(H,13,17)(H,14,18). The molecule has 92 valence electrons. The van der Waals surface area contributed by atoms with Crippen molar-refractivity contribution in [1.82, 2.24) is 20.3 Å². The maximum Gasteiger partial charge on any atom is 0.253 e. The van der Waals surface area contributed by atoms with Gasteiger partial charge in [0.1, 0.15) is 6.33 Å². The van der Waals surface area contributed by atoms with E-state index in [0.29, 0.717) is 12.1 Å². The Bertz CT molecular complexity index is 601. The van der Waals surface area contributed by atoms with E-state index >= 15 is 0 Å². The predicted molar refractivity (Wildman–Crippen MR) is 65.0 cm³/mol. The second-order valence-electron chi connectivity index (χ2n) is 3.78. The molecule has 0 fully saturated rings. The van der Waals surface area contributed by atoms with Gasteiger partial charge in [-0.05, 0) is 19.1 Å². The first kappa shape index (κ1) is 12.0. The second kappa shape index (κ2) is 5.22. The molecule has 0 saturated heterocycles. The van der Waals surface area contributed by atoms with Gasteiger partial charge < -0.3 is 10.3 Å². The van der Waals surface area contributed by atoms with E-state index in [1.807, 2.05) is 6.92 Å². The maximum atomic E-state index is 11.7. The monoisotopic (exact) mass is 244 g/mol. The number of aromatic nitrogens is 3. The Labute approximate surface area is 103 Å². The zero-order valence-electron chi connectivity index (χ0n) is 9.80. The van der Waals surface area contributed by atoms with Crippen molar-refractivity contribution in [3.63, 3.8) is 0 Å². The number of nitrogens with one attached hydrogen (secondary N) is 2. The number of aromatic amines is 1. The molecule has 0 unspecified atom stereocenters. The van der Waals surface area contributed by atoms with E-state index in [9.17, 15) is 9.59 Å². The summed E-state index contributed by atoms with van der Waals surface area (Å²) < 4.78 is 0. The number of carbonyl (C=O) groups excluding carboxylic acids is 1. The molecule has 6 nitrogen and oxygen atoms in total. The Balaban J connectivity index is 2.00. The Hall–Kier alpha value is -2.50. The number of rotatable bonds is 3. The van der Waals surface area contributed by atoms with Crippen LogP contribution in [0.2, 0.25) is 0 Å². The van der Waals surface area contributed by atoms with Crippen LogP contribution in [0.25, 0.3) is 0 Å². The highest BCUT2D eigenvalue weighted by Gasteiger charge is 2.05. The second-order valence-corrected chi connectivity index (χ2v) is 3.78. The summed E-state index contributed by atoms with van der Waals surface area (Å²) in [5, 5.41) is 2.71. The van der Waals surface area contributed by atoms with Crippen molar-refractivity contribution in [1.29, 1.82) is 0 Å². The minimum atomic E-state index is -0.262. The van der Waals surface area contributed by atoms with Crippen LogP contribution in [0.15, 0.2) is 35.5 Å². The van der Waals surface area contributed by atoms with Crippen molar-refractivity contribution in [2.45, 2.75) is 13.5 Å². The quantitative estimate of drug-likeness (QED) is 0.818. The smallest absolute Gasteiger partial charge is 0.253 e. The molecule has 6 heteroatoms. The minimum absolute atomic E-state index is 0.238. The molecule has 0 aliphatic carbocycles. The molecular weight excluding hydrogens is 232 g/mol. The van der Waals surface area contributed by atoms with Gasteiger partial charge in [0.2, 0.25) is 5.56 Å². The van der Waals surface area contributed by atoms with Crippen LogP contribution in [-0.4, -0.2) is 20.9 Å². The first-order chi connectivity index (χ1) is 8.65. The number of amides is 1. The Morgan fingerprint density at radius 3 is 2.89 bits per heavy atom. The molecule has 0 atom stereocenters. The molecule has 0 spiro atoms. The van der Waals surface area contributed by atoms with Gasteiger partial charge in [-0.1, -0.05) is 0 Å². The molecule has 0 aromatic carbocycles. The summed E-state index contributed by atoms with van der Waals surface area (Å²) in [6.45, 7) is 2.18. The molecule has 2 heterocycles. The van der Waals surface area contributed by atoms with Crippen molar-refractivity contribution in [3.05, 3.63) is 58.0 Å². The van der Waals surface area contributed by atoms with Gasteiger partial charge in [-0.15, -0.1) is 0 Å². The topological polar surface area (TPSA) is 87.7 Å². The number of hydrogen-bond donors (Lipinski definition) is 2. The van der Waals surface area contributed by atoms with Gasteiger partial charge in [0, 0.05) is 18.0 Å². The SMILES string of the molecule is Cc1cc(CNC(=O)c2ccc(=O)[nH]c2)ncn1. The Morgan fingerprint density at radius 1 is 1.39 bits per heavy atom. The van der Waals surface area contributed by atoms with Crippen molar-refractivity contribution in [3.8, 4) is 0 Å². The Morgan fingerprint density at radius 2 is 2.22 bits per heavy atom. The number of hydrogen-bond acceptors (Lipinski definition) is 4. The fraction of sp³-hybridized carbons (Fsp3) is 0.167. The molecule has 2 rings (SSSR count). The van der Waals surface area contributed by atoms with E-state index in [0.717, 1.165) is 11.4 Å². The lowest BCUT2D eigenvalue weighted by molar-refractivity contribution is 0.0950. The lowest BCUT2D eigenvalue weighted by atomic mass is 10.2. The number of nitrogens with zero attached hydrogens (tertiary/aromatic N) is 2. The third-order valence-electron chi connectivity index (χ3n) is 2.34. The number of aryl methyl sites for hydroxylation is 1. The highest BCUT2D eigenvalue weighted by molar-refractivity contribution is 5.93. The zero-order valence-corrected chi connectivity index (χ0v) is 9.80. The van der Waals surface area contributed by atoms with Crippen molar-refractivity contribution in [2.75, 3.05) is 0 Å². The van der Waals surface area contributed by atoms with Gasteiger partial charge in [-0.3, -0.25) is 9.59 Å². The van der Waals surface area contributed by atoms with Gasteiger partial charge in [-0.25, -0.2) is 9.97 Å². The fourth-order valence-electron chi connectivity index (χ4n) is 1.43. The lowest BCUT2D eigenvalue weighted by Crippen LogP contribution is -2.24. The van der Waals surface area contributed by atoms with E-state index in [4.69, 9.17) is 0 Å². The number of carbonyl (C=O) groups is 1. The van der Waals surface area contributed by atoms with Crippen LogP contribution in [0.3, 0.4) is 0 Å². The average Bonchev–Trinajstić information content (AvgIpc) is 2.37. The zero-order chi connectivity index (χ0) is 13.0. The van der Waals surface area contributed by atoms with Crippen molar-refractivity contribution < 1.29 is 4.79 Å². The summed E-state index contributed by atoms with van der Waals surface area (Å²) >= 11 is 0. The van der Waals surface area contributed by atoms with Crippen LogP contribution in [0.5, 0.6) is 0 Å². The van der Waals surface area contributed by atoms with Gasteiger partial charge >= 0.3 is 0 Å². The molecule has 2 N–H and O–H groups in total. The minimum Gasteiger partial charge on any atom is -0.346 e. The number of H-pyrrole nitrogens is 1. The van der Waals surface area contributed by atoms with Crippen LogP contribution in [0.1, 0.15) is 21.7 Å². The first-order valence-electron chi connectivity index (χ1n) is 5.39. The normalized spacial score (nSPS) is 10.1. The van der Waals surface area contributed by atoms with E-state index in [1.165, 1.54) is 24.7 Å². The third-order valence-corrected chi connectivity index (χ3v) is 2.34. The van der Waals surface area contributed by atoms with Gasteiger partial charge in [0.25, 0.3) is 5.91 Å². The van der Waals surface area contributed by atoms with E-state index in [-0.39, 0.29) is 11.5 Å². The summed E-state index contributed by atoms with van der Waals surface area (Å²) in [4.78, 5) is 33.0. The molecular formula is C12H12N4O2. The summed E-state index contributed by atoms with van der Waals surface area (Å²) in [5.74, 6) is -0.262. The van der Waals surface area contributed by atoms with E-state index in [1.54, 1.807) is 6.07 Å². The molecule has 0 bridgehead atoms. The highest BCUT2D eigenvalue weighted by Crippen LogP contribution is 1.98. The van der Waals surface area contributed by atoms with Crippen LogP contribution in [-0.2, 0) is 6.54 Å². The summed E-state index contributed by atoms with van der Waals surface area (Å²) in [7, 11) is 0. The predicted octanol–water partition coefficient (Wildman–Crippen LogP) is 0.403. The van der Waals surface area contributed by atoms with Gasteiger partial charge in [0.15, 0.2) is 0 Å². The molecule has 2 aromatic rings. The fourth-order valence-corrected chi connectivity index (χ4v) is 1.43. The molecule has 2 aromatic heterocycles. The summed E-state index contributed by atoms with van der Waals surface area (Å²) in [5.41, 5.74) is 1.75. The maximum absolute atomic E-state index is 11.7. The third kappa shape index (κ3) is 3.00. The molecule has 0 aliphatic rings. The lowest BCUT2D eigenvalue weighted by Gasteiger charge is -2.04. The van der Waals surface area contributed by atoms with Gasteiger partial charge in [0.05, 0.1) is 17.8 Å². The Kier molecular flexibility index (Phi) is 3.47. The average molecular weight is 244 g/mol. The van der Waals surface area contributed by atoms with E-state index in [2.05, 4.69) is 20.3 Å². The molecule has 0 radical (unpaired) electrons. The van der Waals surface area contributed by atoms with Crippen LogP contribution >= 0.6 is 0 Å². The molecule has 1 amide bonds. The molecule has 0 aliphatic heterocycles. The van der Waals surface area contributed by atoms with Crippen molar-refractivity contribution in [2.24, 2.45) is 0 Å². The van der Waals surface area contributed by atoms with E-state index < -0.39 is 0 Å². The van der Waals surface area contributed by atoms with Crippen LogP contribution in [0, 0.1) is 6.92 Å². The summed E-state index contributed by atoms with van der Waals surface area (Å²) in [6.07, 6.45) is 2.83. The van der Waals surface area contributed by atoms with Crippen LogP contribution in [0.4, 0.5) is 0 Å².